The van der Waals surface area contributed by atoms with Crippen LogP contribution in [0.3, 0.4) is 0 Å². The lowest BCUT2D eigenvalue weighted by molar-refractivity contribution is -0.384. The highest BCUT2D eigenvalue weighted by atomic mass is 35.5. The molecule has 8 heteroatoms. The standard InChI is InChI=1S/C12H15ClN2O5/c1-20-7-8(5-6-16)14-12(17)9-3-2-4-10(11(9)13)15(18)19/h2-4,8,16H,5-7H2,1H3,(H,14,17). The minimum absolute atomic E-state index is 0.0138. The van der Waals surface area contributed by atoms with Gasteiger partial charge in [0.05, 0.1) is 23.1 Å². The Labute approximate surface area is 120 Å². The number of carbonyl (C=O) groups excluding carboxylic acids is 1. The molecule has 0 saturated carbocycles. The van der Waals surface area contributed by atoms with Crippen molar-refractivity contribution in [2.45, 2.75) is 12.5 Å². The highest BCUT2D eigenvalue weighted by Crippen LogP contribution is 2.27. The Morgan fingerprint density at radius 3 is 2.85 bits per heavy atom. The summed E-state index contributed by atoms with van der Waals surface area (Å²) in [5.41, 5.74) is -0.315. The number of amides is 1. The van der Waals surface area contributed by atoms with Gasteiger partial charge in [0, 0.05) is 19.8 Å². The van der Waals surface area contributed by atoms with Gasteiger partial charge in [0.25, 0.3) is 11.6 Å². The molecule has 1 rings (SSSR count). The minimum atomic E-state index is -0.653. The van der Waals surface area contributed by atoms with Gasteiger partial charge < -0.3 is 15.2 Å². The molecule has 0 radical (unpaired) electrons. The van der Waals surface area contributed by atoms with Crippen molar-refractivity contribution in [1.29, 1.82) is 0 Å². The van der Waals surface area contributed by atoms with Crippen molar-refractivity contribution in [1.82, 2.24) is 5.32 Å². The minimum Gasteiger partial charge on any atom is -0.396 e. The second kappa shape index (κ2) is 7.78. The molecule has 0 saturated heterocycles. The van der Waals surface area contributed by atoms with Crippen molar-refractivity contribution in [2.24, 2.45) is 0 Å². The molecule has 1 aromatic carbocycles. The van der Waals surface area contributed by atoms with Gasteiger partial charge in [0.2, 0.25) is 0 Å². The number of halogens is 1. The molecule has 0 heterocycles. The molecular weight excluding hydrogens is 288 g/mol. The molecule has 0 spiro atoms. The fourth-order valence-electron chi connectivity index (χ4n) is 1.65. The fourth-order valence-corrected chi connectivity index (χ4v) is 1.93. The number of nitro benzene ring substituents is 1. The zero-order valence-corrected chi connectivity index (χ0v) is 11.6. The van der Waals surface area contributed by atoms with Crippen molar-refractivity contribution >= 4 is 23.2 Å². The van der Waals surface area contributed by atoms with Crippen molar-refractivity contribution in [3.8, 4) is 0 Å². The maximum atomic E-state index is 12.0. The maximum Gasteiger partial charge on any atom is 0.288 e. The summed E-state index contributed by atoms with van der Waals surface area (Å²) >= 11 is 5.85. The Balaban J connectivity index is 2.91. The number of hydrogen-bond acceptors (Lipinski definition) is 5. The summed E-state index contributed by atoms with van der Waals surface area (Å²) in [4.78, 5) is 22.2. The second-order valence-electron chi connectivity index (χ2n) is 4.03. The van der Waals surface area contributed by atoms with E-state index in [-0.39, 0.29) is 29.5 Å². The van der Waals surface area contributed by atoms with Crippen molar-refractivity contribution in [3.63, 3.8) is 0 Å². The van der Waals surface area contributed by atoms with Gasteiger partial charge in [0.1, 0.15) is 5.02 Å². The van der Waals surface area contributed by atoms with Crippen LogP contribution in [0.1, 0.15) is 16.8 Å². The molecule has 0 aliphatic carbocycles. The first kappa shape index (κ1) is 16.4. The number of benzene rings is 1. The van der Waals surface area contributed by atoms with E-state index in [9.17, 15) is 14.9 Å². The quantitative estimate of drug-likeness (QED) is 0.585. The van der Waals surface area contributed by atoms with Crippen LogP contribution in [0.2, 0.25) is 5.02 Å². The summed E-state index contributed by atoms with van der Waals surface area (Å²) in [6.45, 7) is 0.107. The number of nitro groups is 1. The fraction of sp³-hybridized carbons (Fsp3) is 0.417. The molecule has 7 nitrogen and oxygen atoms in total. The monoisotopic (exact) mass is 302 g/mol. The van der Waals surface area contributed by atoms with Crippen LogP contribution in [0.25, 0.3) is 0 Å². The average Bonchev–Trinajstić information content (AvgIpc) is 2.39. The van der Waals surface area contributed by atoms with Gasteiger partial charge in [-0.1, -0.05) is 17.7 Å². The Morgan fingerprint density at radius 1 is 1.60 bits per heavy atom. The lowest BCUT2D eigenvalue weighted by Gasteiger charge is -2.17. The Kier molecular flexibility index (Phi) is 6.37. The molecule has 110 valence electrons. The SMILES string of the molecule is COCC(CCO)NC(=O)c1cccc([N+](=O)[O-])c1Cl. The zero-order valence-electron chi connectivity index (χ0n) is 10.8. The number of methoxy groups -OCH3 is 1. The van der Waals surface area contributed by atoms with Crippen molar-refractivity contribution < 1.29 is 19.6 Å². The highest BCUT2D eigenvalue weighted by Gasteiger charge is 2.21. The van der Waals surface area contributed by atoms with Gasteiger partial charge in [-0.15, -0.1) is 0 Å². The number of hydrogen-bond donors (Lipinski definition) is 2. The van der Waals surface area contributed by atoms with Gasteiger partial charge in [0.15, 0.2) is 0 Å². The first-order valence-electron chi connectivity index (χ1n) is 5.84. The maximum absolute atomic E-state index is 12.0. The summed E-state index contributed by atoms with van der Waals surface area (Å²) in [5.74, 6) is -0.547. The largest absolute Gasteiger partial charge is 0.396 e. The van der Waals surface area contributed by atoms with E-state index < -0.39 is 16.9 Å². The number of nitrogens with one attached hydrogen (secondary N) is 1. The molecule has 1 atom stereocenters. The van der Waals surface area contributed by atoms with Crippen LogP contribution < -0.4 is 5.32 Å². The molecule has 1 unspecified atom stereocenters. The molecule has 0 aliphatic rings. The number of aliphatic hydroxyl groups excluding tert-OH is 1. The highest BCUT2D eigenvalue weighted by molar-refractivity contribution is 6.35. The van der Waals surface area contributed by atoms with Crippen LogP contribution in [0, 0.1) is 10.1 Å². The number of ether oxygens (including phenoxy) is 1. The third-order valence-electron chi connectivity index (χ3n) is 2.60. The summed E-state index contributed by atoms with van der Waals surface area (Å²) in [5, 5.41) is 22.1. The average molecular weight is 303 g/mol. The first-order valence-corrected chi connectivity index (χ1v) is 6.22. The summed E-state index contributed by atoms with van der Waals surface area (Å²) < 4.78 is 4.92. The second-order valence-corrected chi connectivity index (χ2v) is 4.41. The van der Waals surface area contributed by atoms with Gasteiger partial charge in [-0.3, -0.25) is 14.9 Å². The topological polar surface area (TPSA) is 102 Å². The number of aliphatic hydroxyl groups is 1. The van der Waals surface area contributed by atoms with E-state index in [1.807, 2.05) is 0 Å². The van der Waals surface area contributed by atoms with Gasteiger partial charge >= 0.3 is 0 Å². The zero-order chi connectivity index (χ0) is 15.1. The van der Waals surface area contributed by atoms with Gasteiger partial charge in [-0.05, 0) is 12.5 Å². The van der Waals surface area contributed by atoms with Gasteiger partial charge in [-0.2, -0.15) is 0 Å². The molecular formula is C12H15ClN2O5. The van der Waals surface area contributed by atoms with Crippen LogP contribution in [0.4, 0.5) is 5.69 Å². The van der Waals surface area contributed by atoms with Crippen LogP contribution >= 0.6 is 11.6 Å². The lowest BCUT2D eigenvalue weighted by atomic mass is 10.1. The molecule has 0 aromatic heterocycles. The van der Waals surface area contributed by atoms with E-state index in [4.69, 9.17) is 21.4 Å². The summed E-state index contributed by atoms with van der Waals surface area (Å²) in [7, 11) is 1.47. The van der Waals surface area contributed by atoms with Crippen LogP contribution in [0.5, 0.6) is 0 Å². The number of rotatable bonds is 7. The van der Waals surface area contributed by atoms with Crippen LogP contribution in [-0.4, -0.2) is 42.3 Å². The summed E-state index contributed by atoms with van der Waals surface area (Å²) in [6, 6.07) is 3.61. The van der Waals surface area contributed by atoms with E-state index >= 15 is 0 Å². The lowest BCUT2D eigenvalue weighted by Crippen LogP contribution is -2.38. The third kappa shape index (κ3) is 4.16. The van der Waals surface area contributed by atoms with Gasteiger partial charge in [-0.25, -0.2) is 0 Å². The third-order valence-corrected chi connectivity index (χ3v) is 3.00. The van der Waals surface area contributed by atoms with Crippen molar-refractivity contribution in [3.05, 3.63) is 38.9 Å². The Morgan fingerprint density at radius 2 is 2.30 bits per heavy atom. The van der Waals surface area contributed by atoms with E-state index in [1.54, 1.807) is 0 Å². The molecule has 2 N–H and O–H groups in total. The normalized spacial score (nSPS) is 11.9. The summed E-state index contributed by atoms with van der Waals surface area (Å²) in [6.07, 6.45) is 0.312. The molecule has 1 aromatic rings. The predicted molar refractivity (Wildman–Crippen MR) is 72.9 cm³/mol. The van der Waals surface area contributed by atoms with Crippen LogP contribution in [0.15, 0.2) is 18.2 Å². The number of carbonyl (C=O) groups is 1. The van der Waals surface area contributed by atoms with E-state index in [1.165, 1.54) is 25.3 Å². The smallest absolute Gasteiger partial charge is 0.288 e. The number of nitrogens with zero attached hydrogens (tertiary/aromatic N) is 1. The van der Waals surface area contributed by atoms with Crippen molar-refractivity contribution in [2.75, 3.05) is 20.3 Å². The predicted octanol–water partition coefficient (Wildman–Crippen LogP) is 1.38. The van der Waals surface area contributed by atoms with E-state index in [0.717, 1.165) is 0 Å². The molecule has 0 aliphatic heterocycles. The van der Waals surface area contributed by atoms with Crippen LogP contribution in [-0.2, 0) is 4.74 Å². The Hall–Kier alpha value is -1.70. The Bertz CT molecular complexity index is 489. The van der Waals surface area contributed by atoms with E-state index in [0.29, 0.717) is 6.42 Å². The van der Waals surface area contributed by atoms with E-state index in [2.05, 4.69) is 5.32 Å². The first-order chi connectivity index (χ1) is 9.51. The molecule has 0 fully saturated rings. The molecule has 1 amide bonds. The molecule has 0 bridgehead atoms. The molecule has 20 heavy (non-hydrogen) atoms.